The SMILES string of the molecule is CCCN1C=CN(CCC)C1.[Li]. The molecule has 0 saturated carbocycles. The topological polar surface area (TPSA) is 6.48 Å². The van der Waals surface area contributed by atoms with Gasteiger partial charge in [-0.05, 0) is 12.8 Å². The van der Waals surface area contributed by atoms with E-state index in [2.05, 4.69) is 36.0 Å². The molecule has 0 aromatic carbocycles. The summed E-state index contributed by atoms with van der Waals surface area (Å²) in [6, 6.07) is 0. The molecule has 0 atom stereocenters. The molecule has 12 heavy (non-hydrogen) atoms. The van der Waals surface area contributed by atoms with E-state index in [-0.39, 0.29) is 18.9 Å². The van der Waals surface area contributed by atoms with E-state index in [0.717, 1.165) is 6.67 Å². The minimum atomic E-state index is 0. The van der Waals surface area contributed by atoms with Crippen molar-refractivity contribution in [3.8, 4) is 0 Å². The van der Waals surface area contributed by atoms with Crippen molar-refractivity contribution in [2.75, 3.05) is 19.8 Å². The van der Waals surface area contributed by atoms with Crippen LogP contribution in [-0.2, 0) is 0 Å². The summed E-state index contributed by atoms with van der Waals surface area (Å²) in [5.74, 6) is 0. The van der Waals surface area contributed by atoms with E-state index >= 15 is 0 Å². The van der Waals surface area contributed by atoms with Crippen molar-refractivity contribution in [3.63, 3.8) is 0 Å². The van der Waals surface area contributed by atoms with Crippen LogP contribution in [0.5, 0.6) is 0 Å². The van der Waals surface area contributed by atoms with Crippen molar-refractivity contribution in [2.24, 2.45) is 0 Å². The van der Waals surface area contributed by atoms with Crippen molar-refractivity contribution in [1.29, 1.82) is 0 Å². The second-order valence-electron chi connectivity index (χ2n) is 3.06. The summed E-state index contributed by atoms with van der Waals surface area (Å²) < 4.78 is 0. The van der Waals surface area contributed by atoms with Crippen LogP contribution in [0.25, 0.3) is 0 Å². The first-order valence-electron chi connectivity index (χ1n) is 4.53. The molecule has 1 heterocycles. The van der Waals surface area contributed by atoms with Crippen molar-refractivity contribution >= 4 is 18.9 Å². The van der Waals surface area contributed by atoms with Crippen LogP contribution in [-0.4, -0.2) is 48.4 Å². The van der Waals surface area contributed by atoms with Gasteiger partial charge in [-0.3, -0.25) is 0 Å². The van der Waals surface area contributed by atoms with E-state index in [9.17, 15) is 0 Å². The van der Waals surface area contributed by atoms with Crippen LogP contribution in [0.1, 0.15) is 26.7 Å². The van der Waals surface area contributed by atoms with Gasteiger partial charge in [0.15, 0.2) is 0 Å². The van der Waals surface area contributed by atoms with Gasteiger partial charge in [-0.25, -0.2) is 0 Å². The van der Waals surface area contributed by atoms with Gasteiger partial charge in [0, 0.05) is 44.4 Å². The first-order chi connectivity index (χ1) is 5.36. The zero-order valence-corrected chi connectivity index (χ0v) is 8.58. The monoisotopic (exact) mass is 161 g/mol. The summed E-state index contributed by atoms with van der Waals surface area (Å²) in [4.78, 5) is 4.71. The van der Waals surface area contributed by atoms with Crippen LogP contribution >= 0.6 is 0 Å². The van der Waals surface area contributed by atoms with Gasteiger partial charge in [-0.1, -0.05) is 13.8 Å². The molecule has 1 aliphatic rings. The van der Waals surface area contributed by atoms with Gasteiger partial charge in [-0.15, -0.1) is 0 Å². The minimum Gasteiger partial charge on any atom is -0.359 e. The van der Waals surface area contributed by atoms with E-state index in [0.29, 0.717) is 0 Å². The summed E-state index contributed by atoms with van der Waals surface area (Å²) in [7, 11) is 0. The molecule has 0 unspecified atom stereocenters. The summed E-state index contributed by atoms with van der Waals surface area (Å²) in [5, 5.41) is 0. The number of hydrogen-bond acceptors (Lipinski definition) is 2. The molecule has 1 aliphatic heterocycles. The van der Waals surface area contributed by atoms with Crippen molar-refractivity contribution < 1.29 is 0 Å². The molecule has 0 aromatic heterocycles. The number of nitrogens with zero attached hydrogens (tertiary/aromatic N) is 2. The van der Waals surface area contributed by atoms with Gasteiger partial charge in [0.2, 0.25) is 0 Å². The molecule has 65 valence electrons. The first-order valence-corrected chi connectivity index (χ1v) is 4.53. The molecule has 0 aromatic rings. The molecule has 2 nitrogen and oxygen atoms in total. The fourth-order valence-electron chi connectivity index (χ4n) is 1.38. The molecule has 3 heteroatoms. The van der Waals surface area contributed by atoms with E-state index in [1.807, 2.05) is 0 Å². The van der Waals surface area contributed by atoms with Gasteiger partial charge in [0.25, 0.3) is 0 Å². The predicted octanol–water partition coefficient (Wildman–Crippen LogP) is 1.47. The summed E-state index contributed by atoms with van der Waals surface area (Å²) in [5.41, 5.74) is 0. The molecule has 0 fully saturated rings. The van der Waals surface area contributed by atoms with Crippen molar-refractivity contribution in [3.05, 3.63) is 12.4 Å². The Hall–Kier alpha value is -0.0626. The van der Waals surface area contributed by atoms with Crippen molar-refractivity contribution in [2.45, 2.75) is 26.7 Å². The molecule has 0 N–H and O–H groups in total. The quantitative estimate of drug-likeness (QED) is 0.576. The molecule has 1 rings (SSSR count). The second-order valence-corrected chi connectivity index (χ2v) is 3.06. The second kappa shape index (κ2) is 6.45. The normalized spacial score (nSPS) is 15.2. The molecule has 0 amide bonds. The van der Waals surface area contributed by atoms with E-state index in [1.54, 1.807) is 0 Å². The van der Waals surface area contributed by atoms with E-state index in [4.69, 9.17) is 0 Å². The average molecular weight is 161 g/mol. The Balaban J connectivity index is 0.00000121. The molecular weight excluding hydrogens is 143 g/mol. The van der Waals surface area contributed by atoms with Gasteiger partial charge in [0.05, 0.1) is 6.67 Å². The Morgan fingerprint density at radius 1 is 1.00 bits per heavy atom. The van der Waals surface area contributed by atoms with Crippen LogP contribution in [0.2, 0.25) is 0 Å². The molecule has 0 bridgehead atoms. The van der Waals surface area contributed by atoms with E-state index in [1.165, 1.54) is 25.9 Å². The predicted molar refractivity (Wildman–Crippen MR) is 53.8 cm³/mol. The zero-order chi connectivity index (χ0) is 8.10. The third-order valence-corrected chi connectivity index (χ3v) is 1.87. The Kier molecular flexibility index (Phi) is 6.42. The van der Waals surface area contributed by atoms with Gasteiger partial charge in [-0.2, -0.15) is 0 Å². The van der Waals surface area contributed by atoms with Crippen molar-refractivity contribution in [1.82, 2.24) is 9.80 Å². The molecule has 0 spiro atoms. The fraction of sp³-hybridized carbons (Fsp3) is 0.778. The van der Waals surface area contributed by atoms with Gasteiger partial charge in [0.1, 0.15) is 0 Å². The van der Waals surface area contributed by atoms with E-state index < -0.39 is 0 Å². The average Bonchev–Trinajstić information content (AvgIpc) is 2.38. The molecular formula is C9H18LiN2. The summed E-state index contributed by atoms with van der Waals surface area (Å²) in [6.45, 7) is 7.92. The smallest absolute Gasteiger partial charge is 0.0893 e. The maximum absolute atomic E-state index is 2.36. The standard InChI is InChI=1S/C9H18N2.Li/c1-3-5-10-7-8-11(9-10)6-4-2;/h7-8H,3-6,9H2,1-2H3;. The Morgan fingerprint density at radius 3 is 1.75 bits per heavy atom. The van der Waals surface area contributed by atoms with Crippen LogP contribution < -0.4 is 0 Å². The number of hydrogen-bond donors (Lipinski definition) is 0. The van der Waals surface area contributed by atoms with Gasteiger partial charge >= 0.3 is 0 Å². The van der Waals surface area contributed by atoms with Gasteiger partial charge < -0.3 is 9.80 Å². The fourth-order valence-corrected chi connectivity index (χ4v) is 1.38. The Labute approximate surface area is 87.8 Å². The maximum Gasteiger partial charge on any atom is 0.0893 e. The third-order valence-electron chi connectivity index (χ3n) is 1.87. The molecule has 1 radical (unpaired) electrons. The van der Waals surface area contributed by atoms with Crippen LogP contribution in [0.3, 0.4) is 0 Å². The van der Waals surface area contributed by atoms with Crippen LogP contribution in [0.15, 0.2) is 12.4 Å². The Bertz CT molecular complexity index is 122. The molecule has 0 saturated heterocycles. The van der Waals surface area contributed by atoms with Crippen LogP contribution in [0, 0.1) is 0 Å². The van der Waals surface area contributed by atoms with Crippen LogP contribution in [0.4, 0.5) is 0 Å². The molecule has 0 aliphatic carbocycles. The summed E-state index contributed by atoms with van der Waals surface area (Å²) in [6.07, 6.45) is 6.87. The maximum atomic E-state index is 2.36. The minimum absolute atomic E-state index is 0. The number of rotatable bonds is 4. The first kappa shape index (κ1) is 11.9. The Morgan fingerprint density at radius 2 is 1.42 bits per heavy atom. The third kappa shape index (κ3) is 3.56. The largest absolute Gasteiger partial charge is 0.359 e. The zero-order valence-electron chi connectivity index (χ0n) is 8.58. The summed E-state index contributed by atoms with van der Waals surface area (Å²) >= 11 is 0.